The van der Waals surface area contributed by atoms with Crippen LogP contribution in [-0.4, -0.2) is 16.8 Å². The lowest BCUT2D eigenvalue weighted by Crippen LogP contribution is -2.16. The average molecular weight is 430 g/mol. The third-order valence-corrected chi connectivity index (χ3v) is 5.16. The van der Waals surface area contributed by atoms with Crippen LogP contribution in [0, 0.1) is 6.92 Å². The Labute approximate surface area is 177 Å². The first-order valence-corrected chi connectivity index (χ1v) is 10.1. The maximum atomic E-state index is 12.4. The van der Waals surface area contributed by atoms with E-state index in [9.17, 15) is 9.59 Å². The van der Waals surface area contributed by atoms with Crippen molar-refractivity contribution in [2.45, 2.75) is 26.9 Å². The first-order chi connectivity index (χ1) is 13.9. The zero-order valence-corrected chi connectivity index (χ0v) is 17.6. The second-order valence-electron chi connectivity index (χ2n) is 6.36. The Morgan fingerprint density at radius 2 is 1.79 bits per heavy atom. The van der Waals surface area contributed by atoms with Gasteiger partial charge in [-0.05, 0) is 48.9 Å². The Hall–Kier alpha value is -2.90. The molecule has 29 heavy (non-hydrogen) atoms. The van der Waals surface area contributed by atoms with Crippen molar-refractivity contribution in [3.05, 3.63) is 69.1 Å². The molecule has 1 aromatic heterocycles. The zero-order valence-electron chi connectivity index (χ0n) is 16.0. The highest BCUT2D eigenvalue weighted by atomic mass is 35.5. The normalized spacial score (nSPS) is 10.4. The molecule has 8 heteroatoms. The number of ether oxygens (including phenoxy) is 1. The lowest BCUT2D eigenvalue weighted by molar-refractivity contribution is -0.116. The van der Waals surface area contributed by atoms with Gasteiger partial charge in [0.05, 0.1) is 12.1 Å². The van der Waals surface area contributed by atoms with Crippen molar-refractivity contribution in [1.29, 1.82) is 0 Å². The summed E-state index contributed by atoms with van der Waals surface area (Å²) >= 11 is 7.30. The van der Waals surface area contributed by atoms with Crippen molar-refractivity contribution in [2.24, 2.45) is 0 Å². The number of aromatic nitrogens is 1. The van der Waals surface area contributed by atoms with Crippen LogP contribution in [-0.2, 0) is 22.6 Å². The van der Waals surface area contributed by atoms with Crippen molar-refractivity contribution < 1.29 is 14.3 Å². The number of hydrogen-bond donors (Lipinski definition) is 2. The fraction of sp³-hybridized carbons (Fsp3) is 0.190. The molecule has 0 spiro atoms. The van der Waals surface area contributed by atoms with Crippen LogP contribution in [0.1, 0.15) is 23.2 Å². The zero-order chi connectivity index (χ0) is 20.8. The van der Waals surface area contributed by atoms with Crippen molar-refractivity contribution in [2.75, 3.05) is 10.6 Å². The number of carbonyl (C=O) groups excluding carboxylic acids is 2. The van der Waals surface area contributed by atoms with E-state index in [-0.39, 0.29) is 18.2 Å². The Bertz CT molecular complexity index is 1020. The number of thiazole rings is 1. The molecule has 2 amide bonds. The van der Waals surface area contributed by atoms with Crippen LogP contribution in [0.5, 0.6) is 5.75 Å². The fourth-order valence-corrected chi connectivity index (χ4v) is 3.46. The van der Waals surface area contributed by atoms with E-state index in [0.717, 1.165) is 10.6 Å². The largest absolute Gasteiger partial charge is 0.486 e. The summed E-state index contributed by atoms with van der Waals surface area (Å²) in [6, 6.07) is 12.5. The Morgan fingerprint density at radius 1 is 1.10 bits per heavy atom. The van der Waals surface area contributed by atoms with Gasteiger partial charge in [0.15, 0.2) is 0 Å². The van der Waals surface area contributed by atoms with E-state index >= 15 is 0 Å². The standard InChI is InChI=1S/C21H20ClN3O3S/c1-13-18(23-14(2)26)4-3-5-19(13)25-20(27)10-16-12-29-21(24-16)11-28-17-8-6-15(22)7-9-17/h3-9,12H,10-11H2,1-2H3,(H,23,26)(H,25,27). The molecule has 1 heterocycles. The number of hydrogen-bond acceptors (Lipinski definition) is 5. The molecule has 2 aromatic carbocycles. The minimum Gasteiger partial charge on any atom is -0.486 e. The maximum Gasteiger partial charge on any atom is 0.230 e. The molecular formula is C21H20ClN3O3S. The van der Waals surface area contributed by atoms with Crippen molar-refractivity contribution in [3.63, 3.8) is 0 Å². The van der Waals surface area contributed by atoms with Crippen LogP contribution < -0.4 is 15.4 Å². The molecule has 0 saturated carbocycles. The van der Waals surface area contributed by atoms with Crippen LogP contribution in [0.3, 0.4) is 0 Å². The molecule has 3 aromatic rings. The first kappa shape index (κ1) is 20.8. The Balaban J connectivity index is 1.56. The van der Waals surface area contributed by atoms with Crippen LogP contribution in [0.25, 0.3) is 0 Å². The smallest absolute Gasteiger partial charge is 0.230 e. The minimum absolute atomic E-state index is 0.154. The van der Waals surface area contributed by atoms with E-state index < -0.39 is 0 Å². The van der Waals surface area contributed by atoms with Crippen LogP contribution in [0.2, 0.25) is 5.02 Å². The molecule has 0 aliphatic heterocycles. The fourth-order valence-electron chi connectivity index (χ4n) is 2.63. The topological polar surface area (TPSA) is 80.3 Å². The van der Waals surface area contributed by atoms with Gasteiger partial charge < -0.3 is 15.4 Å². The van der Waals surface area contributed by atoms with Gasteiger partial charge in [0.1, 0.15) is 17.4 Å². The number of nitrogens with one attached hydrogen (secondary N) is 2. The summed E-state index contributed by atoms with van der Waals surface area (Å²) in [5, 5.41) is 8.91. The molecule has 3 rings (SSSR count). The number of nitrogens with zero attached hydrogens (tertiary/aromatic N) is 1. The summed E-state index contributed by atoms with van der Waals surface area (Å²) in [5.41, 5.74) is 2.80. The average Bonchev–Trinajstić information content (AvgIpc) is 3.11. The molecule has 0 radical (unpaired) electrons. The Kier molecular flexibility index (Phi) is 6.85. The number of amides is 2. The van der Waals surface area contributed by atoms with Gasteiger partial charge in [0, 0.05) is 28.7 Å². The molecule has 0 saturated heterocycles. The second kappa shape index (κ2) is 9.54. The van der Waals surface area contributed by atoms with E-state index in [1.165, 1.54) is 18.3 Å². The van der Waals surface area contributed by atoms with Gasteiger partial charge in [-0.2, -0.15) is 0 Å². The SMILES string of the molecule is CC(=O)Nc1cccc(NC(=O)Cc2csc(COc3ccc(Cl)cc3)n2)c1C. The van der Waals surface area contributed by atoms with E-state index in [0.29, 0.717) is 34.4 Å². The van der Waals surface area contributed by atoms with Gasteiger partial charge in [-0.1, -0.05) is 17.7 Å². The number of rotatable bonds is 7. The summed E-state index contributed by atoms with van der Waals surface area (Å²) < 4.78 is 5.68. The summed E-state index contributed by atoms with van der Waals surface area (Å²) in [6.45, 7) is 3.61. The number of benzene rings is 2. The van der Waals surface area contributed by atoms with Gasteiger partial charge >= 0.3 is 0 Å². The molecule has 2 N–H and O–H groups in total. The van der Waals surface area contributed by atoms with Gasteiger partial charge in [0.25, 0.3) is 0 Å². The predicted octanol–water partition coefficient (Wildman–Crippen LogP) is 4.82. The third-order valence-electron chi connectivity index (χ3n) is 4.04. The highest BCUT2D eigenvalue weighted by Gasteiger charge is 2.11. The van der Waals surface area contributed by atoms with E-state index in [4.69, 9.17) is 16.3 Å². The van der Waals surface area contributed by atoms with E-state index in [2.05, 4.69) is 15.6 Å². The highest BCUT2D eigenvalue weighted by molar-refractivity contribution is 7.09. The highest BCUT2D eigenvalue weighted by Crippen LogP contribution is 2.24. The summed E-state index contributed by atoms with van der Waals surface area (Å²) in [6.07, 6.45) is 0.154. The third kappa shape index (κ3) is 6.04. The number of anilines is 2. The molecule has 6 nitrogen and oxygen atoms in total. The van der Waals surface area contributed by atoms with Gasteiger partial charge in [-0.3, -0.25) is 9.59 Å². The molecule has 0 bridgehead atoms. The summed E-state index contributed by atoms with van der Waals surface area (Å²) in [5.74, 6) is 0.370. The summed E-state index contributed by atoms with van der Waals surface area (Å²) in [7, 11) is 0. The van der Waals surface area contributed by atoms with Crippen LogP contribution >= 0.6 is 22.9 Å². The molecular weight excluding hydrogens is 410 g/mol. The molecule has 150 valence electrons. The lowest BCUT2D eigenvalue weighted by atomic mass is 10.1. The first-order valence-electron chi connectivity index (χ1n) is 8.89. The molecule has 0 aliphatic carbocycles. The molecule has 0 atom stereocenters. The molecule has 0 fully saturated rings. The van der Waals surface area contributed by atoms with Gasteiger partial charge in [-0.25, -0.2) is 4.98 Å². The number of carbonyl (C=O) groups is 2. The van der Waals surface area contributed by atoms with Gasteiger partial charge in [0.2, 0.25) is 11.8 Å². The van der Waals surface area contributed by atoms with Crippen molar-refractivity contribution >= 4 is 46.1 Å². The minimum atomic E-state index is -0.177. The van der Waals surface area contributed by atoms with Crippen molar-refractivity contribution in [3.8, 4) is 5.75 Å². The maximum absolute atomic E-state index is 12.4. The van der Waals surface area contributed by atoms with Crippen LogP contribution in [0.15, 0.2) is 47.8 Å². The van der Waals surface area contributed by atoms with Crippen LogP contribution in [0.4, 0.5) is 11.4 Å². The quantitative estimate of drug-likeness (QED) is 0.564. The predicted molar refractivity (Wildman–Crippen MR) is 116 cm³/mol. The van der Waals surface area contributed by atoms with Gasteiger partial charge in [-0.15, -0.1) is 11.3 Å². The lowest BCUT2D eigenvalue weighted by Gasteiger charge is -2.12. The monoisotopic (exact) mass is 429 g/mol. The number of halogens is 1. The molecule has 0 unspecified atom stereocenters. The van der Waals surface area contributed by atoms with Crippen molar-refractivity contribution in [1.82, 2.24) is 4.98 Å². The summed E-state index contributed by atoms with van der Waals surface area (Å²) in [4.78, 5) is 28.1. The van der Waals surface area contributed by atoms with E-state index in [1.807, 2.05) is 12.3 Å². The van der Waals surface area contributed by atoms with E-state index in [1.54, 1.807) is 42.5 Å². The molecule has 0 aliphatic rings. The Morgan fingerprint density at radius 3 is 2.48 bits per heavy atom. The second-order valence-corrected chi connectivity index (χ2v) is 7.74.